The summed E-state index contributed by atoms with van der Waals surface area (Å²) in [5, 5.41) is 12.8. The Hall–Kier alpha value is -3.01. The molecule has 0 bridgehead atoms. The van der Waals surface area contributed by atoms with Gasteiger partial charge in [0.15, 0.2) is 0 Å². The average molecular weight is 498 g/mol. The number of hydrogen-bond acceptors (Lipinski definition) is 6. The van der Waals surface area contributed by atoms with Gasteiger partial charge in [0.05, 0.1) is 24.8 Å². The van der Waals surface area contributed by atoms with E-state index in [1.54, 1.807) is 35.2 Å². The van der Waals surface area contributed by atoms with Crippen LogP contribution in [0.2, 0.25) is 0 Å². The van der Waals surface area contributed by atoms with Crippen LogP contribution in [0, 0.1) is 5.82 Å². The van der Waals surface area contributed by atoms with Crippen LogP contribution in [-0.2, 0) is 29.2 Å². The predicted molar refractivity (Wildman–Crippen MR) is 130 cm³/mol. The van der Waals surface area contributed by atoms with Gasteiger partial charge in [0.2, 0.25) is 5.91 Å². The van der Waals surface area contributed by atoms with E-state index in [0.717, 1.165) is 18.7 Å². The summed E-state index contributed by atoms with van der Waals surface area (Å²) in [6.07, 6.45) is -0.152. The number of fused-ring (bicyclic) bond motifs is 1. The van der Waals surface area contributed by atoms with E-state index < -0.39 is 12.3 Å². The molecule has 0 saturated carbocycles. The highest BCUT2D eigenvalue weighted by atomic mass is 19.1. The molecule has 8 nitrogen and oxygen atoms in total. The van der Waals surface area contributed by atoms with E-state index in [4.69, 9.17) is 9.47 Å². The maximum Gasteiger partial charge on any atom is 0.255 e. The standard InChI is InChI=1S/C27H32FN3O5/c1-16-11-30(12-17(2)36-16)13-18-6-7-19(22(28)10-18)15-35-24-5-3-4-20-21(24)14-31(27(20)34)23-8-9-25(32)29-26(23)33/h3-7,10,16-17,23,26,33H,8-9,11-15H2,1-2H3,(H,29,32)/t16?,17?,23-,26?/m1/s1. The lowest BCUT2D eigenvalue weighted by molar-refractivity contribution is -0.129. The van der Waals surface area contributed by atoms with E-state index in [2.05, 4.69) is 10.2 Å². The van der Waals surface area contributed by atoms with Crippen LogP contribution in [0.3, 0.4) is 0 Å². The molecule has 4 atom stereocenters. The number of hydrogen-bond donors (Lipinski definition) is 2. The second-order valence-corrected chi connectivity index (χ2v) is 10.00. The number of carbonyl (C=O) groups is 2. The van der Waals surface area contributed by atoms with Crippen molar-refractivity contribution in [2.75, 3.05) is 13.1 Å². The van der Waals surface area contributed by atoms with Crippen molar-refractivity contribution in [1.29, 1.82) is 0 Å². The fourth-order valence-corrected chi connectivity index (χ4v) is 5.46. The molecule has 36 heavy (non-hydrogen) atoms. The number of morpholine rings is 1. The summed E-state index contributed by atoms with van der Waals surface area (Å²) in [4.78, 5) is 28.4. The Labute approximate surface area is 210 Å². The van der Waals surface area contributed by atoms with E-state index in [1.165, 1.54) is 0 Å². The van der Waals surface area contributed by atoms with Gasteiger partial charge in [-0.05, 0) is 44.0 Å². The number of nitrogens with zero attached hydrogens (tertiary/aromatic N) is 2. The molecule has 2 N–H and O–H groups in total. The minimum absolute atomic E-state index is 0.0322. The smallest absolute Gasteiger partial charge is 0.255 e. The van der Waals surface area contributed by atoms with E-state index in [-0.39, 0.29) is 49.4 Å². The van der Waals surface area contributed by atoms with Crippen molar-refractivity contribution in [3.05, 3.63) is 64.5 Å². The number of aliphatic hydroxyl groups excluding tert-OH is 1. The second-order valence-electron chi connectivity index (χ2n) is 10.00. The molecule has 3 aliphatic rings. The maximum atomic E-state index is 14.9. The van der Waals surface area contributed by atoms with Gasteiger partial charge in [-0.15, -0.1) is 0 Å². The molecule has 9 heteroatoms. The van der Waals surface area contributed by atoms with Gasteiger partial charge in [0, 0.05) is 42.7 Å². The van der Waals surface area contributed by atoms with E-state index in [1.807, 2.05) is 19.9 Å². The summed E-state index contributed by atoms with van der Waals surface area (Å²) >= 11 is 0. The average Bonchev–Trinajstić information content (AvgIpc) is 3.15. The van der Waals surface area contributed by atoms with Gasteiger partial charge in [0.25, 0.3) is 5.91 Å². The van der Waals surface area contributed by atoms with Crippen LogP contribution in [0.15, 0.2) is 36.4 Å². The highest BCUT2D eigenvalue weighted by Crippen LogP contribution is 2.34. The summed E-state index contributed by atoms with van der Waals surface area (Å²) < 4.78 is 26.7. The molecule has 0 aliphatic carbocycles. The Morgan fingerprint density at radius 1 is 1.17 bits per heavy atom. The highest BCUT2D eigenvalue weighted by Gasteiger charge is 2.40. The third-order valence-corrected chi connectivity index (χ3v) is 7.10. The zero-order valence-corrected chi connectivity index (χ0v) is 20.6. The Morgan fingerprint density at radius 2 is 1.94 bits per heavy atom. The van der Waals surface area contributed by atoms with Gasteiger partial charge < -0.3 is 24.8 Å². The summed E-state index contributed by atoms with van der Waals surface area (Å²) in [7, 11) is 0. The number of halogens is 1. The third kappa shape index (κ3) is 5.09. The third-order valence-electron chi connectivity index (χ3n) is 7.10. The Morgan fingerprint density at radius 3 is 2.67 bits per heavy atom. The molecule has 0 spiro atoms. The van der Waals surface area contributed by atoms with Crippen molar-refractivity contribution in [2.45, 2.75) is 70.9 Å². The molecule has 3 aliphatic heterocycles. The zero-order chi connectivity index (χ0) is 25.4. The number of aliphatic hydroxyl groups is 1. The first-order valence-electron chi connectivity index (χ1n) is 12.5. The first kappa shape index (κ1) is 24.7. The number of amides is 2. The molecular formula is C27H32FN3O5. The van der Waals surface area contributed by atoms with Gasteiger partial charge in [0.1, 0.15) is 24.4 Å². The number of rotatable bonds is 6. The molecule has 192 valence electrons. The molecule has 2 fully saturated rings. The van der Waals surface area contributed by atoms with Crippen LogP contribution in [0.5, 0.6) is 5.75 Å². The maximum absolute atomic E-state index is 14.9. The molecule has 2 amide bonds. The zero-order valence-electron chi connectivity index (χ0n) is 20.6. The second kappa shape index (κ2) is 10.2. The minimum Gasteiger partial charge on any atom is -0.488 e. The van der Waals surface area contributed by atoms with Crippen LogP contribution in [0.1, 0.15) is 53.7 Å². The first-order valence-corrected chi connectivity index (χ1v) is 12.5. The van der Waals surface area contributed by atoms with Crippen molar-refractivity contribution in [3.8, 4) is 5.75 Å². The van der Waals surface area contributed by atoms with Gasteiger partial charge in [-0.3, -0.25) is 14.5 Å². The Bertz CT molecular complexity index is 1150. The molecule has 3 unspecified atom stereocenters. The van der Waals surface area contributed by atoms with Crippen LogP contribution in [0.25, 0.3) is 0 Å². The van der Waals surface area contributed by atoms with Crippen LogP contribution in [0.4, 0.5) is 4.39 Å². The lowest BCUT2D eigenvalue weighted by Crippen LogP contribution is -2.55. The van der Waals surface area contributed by atoms with Crippen LogP contribution < -0.4 is 10.1 Å². The molecule has 2 saturated heterocycles. The molecular weight excluding hydrogens is 465 g/mol. The quantitative estimate of drug-likeness (QED) is 0.638. The Balaban J connectivity index is 1.24. The van der Waals surface area contributed by atoms with E-state index in [0.29, 0.717) is 35.4 Å². The van der Waals surface area contributed by atoms with E-state index >= 15 is 0 Å². The van der Waals surface area contributed by atoms with Gasteiger partial charge in [-0.1, -0.05) is 18.2 Å². The fourth-order valence-electron chi connectivity index (χ4n) is 5.46. The highest BCUT2D eigenvalue weighted by molar-refractivity contribution is 5.99. The summed E-state index contributed by atoms with van der Waals surface area (Å²) in [5.41, 5.74) is 2.55. The monoisotopic (exact) mass is 497 g/mol. The van der Waals surface area contributed by atoms with Crippen molar-refractivity contribution < 1.29 is 28.6 Å². The predicted octanol–water partition coefficient (Wildman–Crippen LogP) is 2.57. The van der Waals surface area contributed by atoms with Gasteiger partial charge in [-0.25, -0.2) is 4.39 Å². The number of ether oxygens (including phenoxy) is 2. The number of nitrogens with one attached hydrogen (secondary N) is 1. The van der Waals surface area contributed by atoms with Crippen molar-refractivity contribution in [1.82, 2.24) is 15.1 Å². The lowest BCUT2D eigenvalue weighted by Gasteiger charge is -2.35. The largest absolute Gasteiger partial charge is 0.488 e. The summed E-state index contributed by atoms with van der Waals surface area (Å²) in [6.45, 7) is 6.68. The first-order chi connectivity index (χ1) is 17.3. The molecule has 3 heterocycles. The SMILES string of the molecule is CC1CN(Cc2ccc(COc3cccc4c3CN([C@@H]3CCC(=O)NC3O)C4=O)c(F)c2)CC(C)O1. The molecule has 2 aromatic rings. The molecule has 5 rings (SSSR count). The minimum atomic E-state index is -1.11. The lowest BCUT2D eigenvalue weighted by atomic mass is 10.0. The van der Waals surface area contributed by atoms with Crippen molar-refractivity contribution in [2.24, 2.45) is 0 Å². The van der Waals surface area contributed by atoms with Crippen molar-refractivity contribution in [3.63, 3.8) is 0 Å². The molecule has 0 radical (unpaired) electrons. The normalized spacial score (nSPS) is 26.6. The van der Waals surface area contributed by atoms with Crippen LogP contribution >= 0.6 is 0 Å². The van der Waals surface area contributed by atoms with E-state index in [9.17, 15) is 19.1 Å². The topological polar surface area (TPSA) is 91.3 Å². The number of carbonyl (C=O) groups excluding carboxylic acids is 2. The van der Waals surface area contributed by atoms with Gasteiger partial charge in [-0.2, -0.15) is 0 Å². The van der Waals surface area contributed by atoms with Crippen LogP contribution in [-0.4, -0.2) is 64.3 Å². The fraction of sp³-hybridized carbons (Fsp3) is 0.481. The number of piperidine rings is 1. The number of benzene rings is 2. The summed E-state index contributed by atoms with van der Waals surface area (Å²) in [5.74, 6) is -0.252. The molecule has 2 aromatic carbocycles. The van der Waals surface area contributed by atoms with Gasteiger partial charge >= 0.3 is 0 Å². The summed E-state index contributed by atoms with van der Waals surface area (Å²) in [6, 6.07) is 9.95. The molecule has 0 aromatic heterocycles. The van der Waals surface area contributed by atoms with Crippen molar-refractivity contribution >= 4 is 11.8 Å². The Kier molecular flexibility index (Phi) is 6.96.